The lowest BCUT2D eigenvalue weighted by Crippen LogP contribution is -2.26. The number of hydrogen-bond donors (Lipinski definition) is 1. The van der Waals surface area contributed by atoms with Gasteiger partial charge in [0, 0.05) is 24.5 Å². The van der Waals surface area contributed by atoms with Crippen LogP contribution in [0, 0.1) is 0 Å². The maximum absolute atomic E-state index is 11.3. The van der Waals surface area contributed by atoms with Gasteiger partial charge in [0.1, 0.15) is 0 Å². The third-order valence-electron chi connectivity index (χ3n) is 1.72. The van der Waals surface area contributed by atoms with E-state index in [2.05, 4.69) is 17.1 Å². The molecule has 0 rings (SSSR count). The predicted octanol–water partition coefficient (Wildman–Crippen LogP) is 1.85. The SMILES string of the molecule is CCSSCCNC(=O)CCCN(C)C. The van der Waals surface area contributed by atoms with E-state index in [1.54, 1.807) is 0 Å². The minimum absolute atomic E-state index is 0.180. The molecule has 1 amide bonds. The van der Waals surface area contributed by atoms with Gasteiger partial charge in [-0.3, -0.25) is 4.79 Å². The van der Waals surface area contributed by atoms with Gasteiger partial charge in [0.25, 0.3) is 0 Å². The number of carbonyl (C=O) groups is 1. The first-order valence-corrected chi connectivity index (χ1v) is 7.81. The van der Waals surface area contributed by atoms with Crippen LogP contribution < -0.4 is 5.32 Å². The molecule has 0 aromatic carbocycles. The van der Waals surface area contributed by atoms with Gasteiger partial charge < -0.3 is 10.2 Å². The summed E-state index contributed by atoms with van der Waals surface area (Å²) in [6, 6.07) is 0. The van der Waals surface area contributed by atoms with Crippen molar-refractivity contribution < 1.29 is 4.79 Å². The number of carbonyl (C=O) groups excluding carboxylic acids is 1. The summed E-state index contributed by atoms with van der Waals surface area (Å²) < 4.78 is 0. The van der Waals surface area contributed by atoms with Crippen LogP contribution in [0.2, 0.25) is 0 Å². The molecule has 90 valence electrons. The molecule has 0 spiro atoms. The summed E-state index contributed by atoms with van der Waals surface area (Å²) in [4.78, 5) is 13.4. The largest absolute Gasteiger partial charge is 0.355 e. The van der Waals surface area contributed by atoms with E-state index in [-0.39, 0.29) is 5.91 Å². The second-order valence-corrected chi connectivity index (χ2v) is 6.36. The van der Waals surface area contributed by atoms with Crippen molar-refractivity contribution in [3.8, 4) is 0 Å². The standard InChI is InChI=1S/C10H22N2OS2/c1-4-14-15-9-7-11-10(13)6-5-8-12(2)3/h4-9H2,1-3H3,(H,11,13). The molecule has 0 fully saturated rings. The van der Waals surface area contributed by atoms with Gasteiger partial charge in [0.05, 0.1) is 0 Å². The monoisotopic (exact) mass is 250 g/mol. The molecule has 0 radical (unpaired) electrons. The average molecular weight is 250 g/mol. The van der Waals surface area contributed by atoms with Crippen molar-refractivity contribution in [2.75, 3.05) is 38.7 Å². The Morgan fingerprint density at radius 2 is 2.07 bits per heavy atom. The molecule has 3 nitrogen and oxygen atoms in total. The molecule has 0 aliphatic rings. The van der Waals surface area contributed by atoms with Gasteiger partial charge in [0.15, 0.2) is 0 Å². The molecule has 0 aliphatic carbocycles. The molecule has 0 atom stereocenters. The number of nitrogens with zero attached hydrogens (tertiary/aromatic N) is 1. The molecular formula is C10H22N2OS2. The fourth-order valence-electron chi connectivity index (χ4n) is 1.02. The highest BCUT2D eigenvalue weighted by Gasteiger charge is 2.00. The third-order valence-corrected chi connectivity index (χ3v) is 4.20. The van der Waals surface area contributed by atoms with Crippen molar-refractivity contribution in [3.63, 3.8) is 0 Å². The van der Waals surface area contributed by atoms with Crippen molar-refractivity contribution in [2.24, 2.45) is 0 Å². The third kappa shape index (κ3) is 12.1. The van der Waals surface area contributed by atoms with Gasteiger partial charge in [-0.25, -0.2) is 0 Å². The highest BCUT2D eigenvalue weighted by molar-refractivity contribution is 8.76. The Morgan fingerprint density at radius 3 is 2.67 bits per heavy atom. The van der Waals surface area contributed by atoms with Crippen LogP contribution in [0.5, 0.6) is 0 Å². The molecular weight excluding hydrogens is 228 g/mol. The first kappa shape index (κ1) is 15.1. The zero-order chi connectivity index (χ0) is 11.5. The summed E-state index contributed by atoms with van der Waals surface area (Å²) in [6.45, 7) is 3.91. The molecule has 1 N–H and O–H groups in total. The van der Waals surface area contributed by atoms with Crippen molar-refractivity contribution in [1.29, 1.82) is 0 Å². The average Bonchev–Trinajstić information content (AvgIpc) is 2.17. The molecule has 0 aromatic rings. The van der Waals surface area contributed by atoms with E-state index < -0.39 is 0 Å². The van der Waals surface area contributed by atoms with Gasteiger partial charge in [0.2, 0.25) is 5.91 Å². The minimum atomic E-state index is 0.180. The van der Waals surface area contributed by atoms with Crippen LogP contribution in [0.3, 0.4) is 0 Å². The first-order chi connectivity index (χ1) is 7.16. The lowest BCUT2D eigenvalue weighted by molar-refractivity contribution is -0.121. The highest BCUT2D eigenvalue weighted by atomic mass is 33.1. The van der Waals surface area contributed by atoms with Crippen molar-refractivity contribution in [1.82, 2.24) is 10.2 Å². The summed E-state index contributed by atoms with van der Waals surface area (Å²) >= 11 is 0. The Kier molecular flexibility index (Phi) is 10.7. The summed E-state index contributed by atoms with van der Waals surface area (Å²) in [7, 11) is 7.71. The van der Waals surface area contributed by atoms with Crippen LogP contribution >= 0.6 is 21.6 Å². The molecule has 0 saturated heterocycles. The minimum Gasteiger partial charge on any atom is -0.355 e. The zero-order valence-corrected chi connectivity index (χ0v) is 11.5. The van der Waals surface area contributed by atoms with E-state index in [9.17, 15) is 4.79 Å². The highest BCUT2D eigenvalue weighted by Crippen LogP contribution is 2.18. The van der Waals surface area contributed by atoms with E-state index in [1.165, 1.54) is 0 Å². The Labute approximate surface area is 101 Å². The number of rotatable bonds is 9. The second-order valence-electron chi connectivity index (χ2n) is 3.49. The summed E-state index contributed by atoms with van der Waals surface area (Å²) in [5.74, 6) is 2.30. The molecule has 0 saturated carbocycles. The maximum Gasteiger partial charge on any atom is 0.220 e. The van der Waals surface area contributed by atoms with Gasteiger partial charge in [-0.05, 0) is 27.1 Å². The Bertz CT molecular complexity index is 166. The molecule has 0 aromatic heterocycles. The van der Waals surface area contributed by atoms with Gasteiger partial charge >= 0.3 is 0 Å². The normalized spacial score (nSPS) is 10.7. The maximum atomic E-state index is 11.3. The van der Waals surface area contributed by atoms with Crippen molar-refractivity contribution >= 4 is 27.5 Å². The summed E-state index contributed by atoms with van der Waals surface area (Å²) in [5.41, 5.74) is 0. The molecule has 0 bridgehead atoms. The Morgan fingerprint density at radius 1 is 1.33 bits per heavy atom. The Hall–Kier alpha value is 0.130. The van der Waals surface area contributed by atoms with Crippen LogP contribution in [0.1, 0.15) is 19.8 Å². The summed E-state index contributed by atoms with van der Waals surface area (Å²) in [5, 5.41) is 2.92. The quantitative estimate of drug-likeness (QED) is 0.500. The lowest BCUT2D eigenvalue weighted by Gasteiger charge is -2.09. The van der Waals surface area contributed by atoms with E-state index in [1.807, 2.05) is 35.7 Å². The first-order valence-electron chi connectivity index (χ1n) is 5.32. The van der Waals surface area contributed by atoms with Gasteiger partial charge in [-0.1, -0.05) is 28.5 Å². The van der Waals surface area contributed by atoms with Crippen molar-refractivity contribution in [3.05, 3.63) is 0 Å². The molecule has 5 heteroatoms. The second kappa shape index (κ2) is 10.6. The summed E-state index contributed by atoms with van der Waals surface area (Å²) in [6.07, 6.45) is 1.58. The topological polar surface area (TPSA) is 32.3 Å². The molecule has 0 heterocycles. The Balaban J connectivity index is 3.19. The van der Waals surface area contributed by atoms with Crippen LogP contribution in [-0.2, 0) is 4.79 Å². The molecule has 15 heavy (non-hydrogen) atoms. The number of hydrogen-bond acceptors (Lipinski definition) is 4. The van der Waals surface area contributed by atoms with E-state index in [0.29, 0.717) is 6.42 Å². The van der Waals surface area contributed by atoms with Crippen LogP contribution in [-0.4, -0.2) is 49.5 Å². The van der Waals surface area contributed by atoms with E-state index in [0.717, 1.165) is 31.0 Å². The smallest absolute Gasteiger partial charge is 0.220 e. The van der Waals surface area contributed by atoms with Gasteiger partial charge in [-0.15, -0.1) is 0 Å². The lowest BCUT2D eigenvalue weighted by atomic mass is 10.3. The fraction of sp³-hybridized carbons (Fsp3) is 0.900. The van der Waals surface area contributed by atoms with Crippen LogP contribution in [0.4, 0.5) is 0 Å². The number of nitrogens with one attached hydrogen (secondary N) is 1. The molecule has 0 unspecified atom stereocenters. The molecule has 0 aliphatic heterocycles. The predicted molar refractivity (Wildman–Crippen MR) is 71.4 cm³/mol. The van der Waals surface area contributed by atoms with Crippen LogP contribution in [0.15, 0.2) is 0 Å². The van der Waals surface area contributed by atoms with E-state index in [4.69, 9.17) is 0 Å². The van der Waals surface area contributed by atoms with Gasteiger partial charge in [-0.2, -0.15) is 0 Å². The zero-order valence-electron chi connectivity index (χ0n) is 9.91. The van der Waals surface area contributed by atoms with Crippen LogP contribution in [0.25, 0.3) is 0 Å². The number of amides is 1. The fourth-order valence-corrected chi connectivity index (χ4v) is 2.59. The van der Waals surface area contributed by atoms with E-state index >= 15 is 0 Å². The van der Waals surface area contributed by atoms with Crippen molar-refractivity contribution in [2.45, 2.75) is 19.8 Å².